The third kappa shape index (κ3) is 1.62. The summed E-state index contributed by atoms with van der Waals surface area (Å²) in [7, 11) is 0. The minimum atomic E-state index is 0.913. The van der Waals surface area contributed by atoms with E-state index >= 15 is 0 Å². The van der Waals surface area contributed by atoms with Gasteiger partial charge in [0.25, 0.3) is 0 Å². The van der Waals surface area contributed by atoms with Crippen LogP contribution in [0, 0.1) is 6.92 Å². The minimum Gasteiger partial charge on any atom is -0.219 e. The monoisotopic (exact) mass is 237 g/mol. The smallest absolute Gasteiger partial charge is 0.0805 e. The summed E-state index contributed by atoms with van der Waals surface area (Å²) >= 11 is 3.45. The molecule has 3 nitrogen and oxygen atoms in total. The number of benzene rings is 1. The van der Waals surface area contributed by atoms with Crippen molar-refractivity contribution in [2.45, 2.75) is 6.92 Å². The zero-order valence-electron chi connectivity index (χ0n) is 7.11. The maximum absolute atomic E-state index is 3.98. The van der Waals surface area contributed by atoms with Gasteiger partial charge in [-0.1, -0.05) is 17.3 Å². The third-order valence-corrected chi connectivity index (χ3v) is 2.38. The lowest BCUT2D eigenvalue weighted by atomic mass is 10.3. The fourth-order valence-electron chi connectivity index (χ4n) is 1.10. The largest absolute Gasteiger partial charge is 0.219 e. The van der Waals surface area contributed by atoms with Gasteiger partial charge in [-0.05, 0) is 35.0 Å². The SMILES string of the molecule is Cc1cn(-c2ccccc2Br)nn1. The topological polar surface area (TPSA) is 30.7 Å². The lowest BCUT2D eigenvalue weighted by Crippen LogP contribution is -1.95. The summed E-state index contributed by atoms with van der Waals surface area (Å²) in [4.78, 5) is 0. The molecule has 0 saturated carbocycles. The number of halogens is 1. The Morgan fingerprint density at radius 3 is 2.69 bits per heavy atom. The van der Waals surface area contributed by atoms with Gasteiger partial charge in [0.1, 0.15) is 0 Å². The standard InChI is InChI=1S/C9H8BrN3/c1-7-6-13(12-11-7)9-5-3-2-4-8(9)10/h2-6H,1H3. The molecule has 0 N–H and O–H groups in total. The van der Waals surface area contributed by atoms with Crippen molar-refractivity contribution in [2.75, 3.05) is 0 Å². The molecule has 0 unspecified atom stereocenters. The molecule has 0 radical (unpaired) electrons. The van der Waals surface area contributed by atoms with E-state index < -0.39 is 0 Å². The van der Waals surface area contributed by atoms with Crippen molar-refractivity contribution >= 4 is 15.9 Å². The van der Waals surface area contributed by atoms with Gasteiger partial charge in [-0.3, -0.25) is 0 Å². The molecule has 0 aliphatic carbocycles. The molecule has 1 heterocycles. The first-order valence-electron chi connectivity index (χ1n) is 3.91. The molecule has 13 heavy (non-hydrogen) atoms. The third-order valence-electron chi connectivity index (χ3n) is 1.71. The van der Waals surface area contributed by atoms with Crippen LogP contribution in [-0.2, 0) is 0 Å². The molecule has 4 heteroatoms. The number of hydrogen-bond donors (Lipinski definition) is 0. The highest BCUT2D eigenvalue weighted by Gasteiger charge is 2.02. The summed E-state index contributed by atoms with van der Waals surface area (Å²) in [6.07, 6.45) is 1.89. The Hall–Kier alpha value is -1.16. The highest BCUT2D eigenvalue weighted by Crippen LogP contribution is 2.19. The van der Waals surface area contributed by atoms with Crippen LogP contribution >= 0.6 is 15.9 Å². The van der Waals surface area contributed by atoms with Gasteiger partial charge in [0.15, 0.2) is 0 Å². The average Bonchev–Trinajstić information content (AvgIpc) is 2.53. The number of nitrogens with zero attached hydrogens (tertiary/aromatic N) is 3. The molecule has 0 atom stereocenters. The molecule has 1 aromatic carbocycles. The van der Waals surface area contributed by atoms with Crippen LogP contribution in [0.15, 0.2) is 34.9 Å². The lowest BCUT2D eigenvalue weighted by Gasteiger charge is -2.01. The second kappa shape index (κ2) is 3.30. The highest BCUT2D eigenvalue weighted by molar-refractivity contribution is 9.10. The number of aromatic nitrogens is 3. The Bertz CT molecular complexity index is 422. The zero-order chi connectivity index (χ0) is 9.26. The van der Waals surface area contributed by atoms with Crippen LogP contribution in [-0.4, -0.2) is 15.0 Å². The molecule has 2 rings (SSSR count). The molecule has 1 aromatic heterocycles. The summed E-state index contributed by atoms with van der Waals surface area (Å²) in [5.41, 5.74) is 1.92. The van der Waals surface area contributed by atoms with Crippen molar-refractivity contribution in [1.82, 2.24) is 15.0 Å². The maximum Gasteiger partial charge on any atom is 0.0805 e. The Morgan fingerprint density at radius 2 is 2.08 bits per heavy atom. The Morgan fingerprint density at radius 1 is 1.31 bits per heavy atom. The number of rotatable bonds is 1. The van der Waals surface area contributed by atoms with Crippen molar-refractivity contribution in [3.05, 3.63) is 40.6 Å². The van der Waals surface area contributed by atoms with E-state index in [1.165, 1.54) is 0 Å². The van der Waals surface area contributed by atoms with Crippen LogP contribution < -0.4 is 0 Å². The van der Waals surface area contributed by atoms with Crippen LogP contribution in [0.4, 0.5) is 0 Å². The van der Waals surface area contributed by atoms with Crippen LogP contribution in [0.2, 0.25) is 0 Å². The first-order chi connectivity index (χ1) is 6.27. The second-order valence-corrected chi connectivity index (χ2v) is 3.61. The van der Waals surface area contributed by atoms with Crippen LogP contribution in [0.1, 0.15) is 5.69 Å². The summed E-state index contributed by atoms with van der Waals surface area (Å²) < 4.78 is 2.76. The Labute approximate surface area is 84.5 Å². The fraction of sp³-hybridized carbons (Fsp3) is 0.111. The average molecular weight is 238 g/mol. The van der Waals surface area contributed by atoms with E-state index in [9.17, 15) is 0 Å². The molecular weight excluding hydrogens is 230 g/mol. The van der Waals surface area contributed by atoms with Crippen molar-refractivity contribution in [1.29, 1.82) is 0 Å². The maximum atomic E-state index is 3.98. The fourth-order valence-corrected chi connectivity index (χ4v) is 1.57. The first-order valence-corrected chi connectivity index (χ1v) is 4.70. The van der Waals surface area contributed by atoms with E-state index in [0.717, 1.165) is 15.9 Å². The minimum absolute atomic E-state index is 0.913. The molecule has 0 fully saturated rings. The van der Waals surface area contributed by atoms with Gasteiger partial charge >= 0.3 is 0 Å². The van der Waals surface area contributed by atoms with Crippen molar-refractivity contribution < 1.29 is 0 Å². The number of para-hydroxylation sites is 1. The molecule has 0 amide bonds. The van der Waals surface area contributed by atoms with Gasteiger partial charge in [-0.15, -0.1) is 5.10 Å². The van der Waals surface area contributed by atoms with E-state index in [1.807, 2.05) is 37.4 Å². The normalized spacial score (nSPS) is 10.3. The molecule has 0 aliphatic rings. The summed E-state index contributed by atoms with van der Waals surface area (Å²) in [6, 6.07) is 7.90. The second-order valence-electron chi connectivity index (χ2n) is 2.76. The first kappa shape index (κ1) is 8.44. The van der Waals surface area contributed by atoms with Gasteiger partial charge < -0.3 is 0 Å². The van der Waals surface area contributed by atoms with Gasteiger partial charge in [-0.25, -0.2) is 4.68 Å². The van der Waals surface area contributed by atoms with Gasteiger partial charge in [0.2, 0.25) is 0 Å². The highest BCUT2D eigenvalue weighted by atomic mass is 79.9. The van der Waals surface area contributed by atoms with Crippen molar-refractivity contribution in [3.8, 4) is 5.69 Å². The molecule has 0 aliphatic heterocycles. The quantitative estimate of drug-likeness (QED) is 0.763. The predicted octanol–water partition coefficient (Wildman–Crippen LogP) is 2.34. The van der Waals surface area contributed by atoms with E-state index in [4.69, 9.17) is 0 Å². The van der Waals surface area contributed by atoms with Crippen molar-refractivity contribution in [2.24, 2.45) is 0 Å². The van der Waals surface area contributed by atoms with Crippen LogP contribution in [0.5, 0.6) is 0 Å². The molecule has 2 aromatic rings. The predicted molar refractivity (Wildman–Crippen MR) is 53.8 cm³/mol. The van der Waals surface area contributed by atoms with Crippen molar-refractivity contribution in [3.63, 3.8) is 0 Å². The Kier molecular flexibility index (Phi) is 2.14. The van der Waals surface area contributed by atoms with Gasteiger partial charge in [0.05, 0.1) is 17.6 Å². The molecule has 0 bridgehead atoms. The van der Waals surface area contributed by atoms with Crippen LogP contribution in [0.25, 0.3) is 5.69 Å². The van der Waals surface area contributed by atoms with Crippen LogP contribution in [0.3, 0.4) is 0 Å². The molecule has 0 saturated heterocycles. The van der Waals surface area contributed by atoms with Gasteiger partial charge in [0, 0.05) is 4.47 Å². The Balaban J connectivity index is 2.52. The zero-order valence-corrected chi connectivity index (χ0v) is 8.69. The number of aryl methyl sites for hydroxylation is 1. The van der Waals surface area contributed by atoms with E-state index in [0.29, 0.717) is 0 Å². The van der Waals surface area contributed by atoms with E-state index in [2.05, 4.69) is 26.2 Å². The van der Waals surface area contributed by atoms with Gasteiger partial charge in [-0.2, -0.15) is 0 Å². The summed E-state index contributed by atoms with van der Waals surface area (Å²) in [5.74, 6) is 0. The molecular formula is C9H8BrN3. The van der Waals surface area contributed by atoms with E-state index in [1.54, 1.807) is 4.68 Å². The summed E-state index contributed by atoms with van der Waals surface area (Å²) in [5, 5.41) is 7.91. The molecule has 0 spiro atoms. The summed E-state index contributed by atoms with van der Waals surface area (Å²) in [6.45, 7) is 1.92. The number of hydrogen-bond acceptors (Lipinski definition) is 2. The lowest BCUT2D eigenvalue weighted by molar-refractivity contribution is 0.798. The molecule has 66 valence electrons. The van der Waals surface area contributed by atoms with E-state index in [-0.39, 0.29) is 0 Å².